The Labute approximate surface area is 156 Å². The van der Waals surface area contributed by atoms with Gasteiger partial charge in [-0.25, -0.2) is 9.98 Å². The number of thioether (sulfide) groups is 1. The van der Waals surface area contributed by atoms with Crippen LogP contribution in [-0.4, -0.2) is 11.2 Å². The van der Waals surface area contributed by atoms with E-state index in [4.69, 9.17) is 10.7 Å². The minimum atomic E-state index is 0. The van der Waals surface area contributed by atoms with E-state index in [0.29, 0.717) is 10.9 Å². The second kappa shape index (κ2) is 6.74. The minimum absolute atomic E-state index is 0. The van der Waals surface area contributed by atoms with Crippen molar-refractivity contribution in [3.8, 4) is 10.6 Å². The highest BCUT2D eigenvalue weighted by Gasteiger charge is 2.18. The number of hydrogen-bond acceptors (Lipinski definition) is 6. The number of nitrogens with zero attached hydrogens (tertiary/aromatic N) is 2. The highest BCUT2D eigenvalue weighted by atomic mass is 32.2. The largest absolute Gasteiger partial charge is 0.390 e. The zero-order valence-electron chi connectivity index (χ0n) is 13.4. The Bertz CT molecular complexity index is 970. The number of rotatable bonds is 3. The Balaban J connectivity index is 0.00000196. The summed E-state index contributed by atoms with van der Waals surface area (Å²) < 4.78 is 0. The second-order valence-electron chi connectivity index (χ2n) is 5.49. The number of allylic oxidation sites excluding steroid dienone is 4. The Morgan fingerprint density at radius 1 is 1.36 bits per heavy atom. The molecule has 0 amide bonds. The molecule has 0 saturated carbocycles. The maximum atomic E-state index is 6.07. The molecule has 4 nitrogen and oxygen atoms in total. The minimum Gasteiger partial charge on any atom is -0.390 e. The summed E-state index contributed by atoms with van der Waals surface area (Å²) in [7, 11) is 0. The molecule has 126 valence electrons. The topological polar surface area (TPSA) is 63.3 Å². The first-order valence-electron chi connectivity index (χ1n) is 7.81. The molecular weight excluding hydrogens is 348 g/mol. The van der Waals surface area contributed by atoms with Crippen LogP contribution in [0.15, 0.2) is 69.8 Å². The van der Waals surface area contributed by atoms with Crippen molar-refractivity contribution in [1.82, 2.24) is 4.98 Å². The first-order chi connectivity index (χ1) is 12.2. The molecule has 2 heterocycles. The van der Waals surface area contributed by atoms with Crippen LogP contribution in [0.2, 0.25) is 0 Å². The summed E-state index contributed by atoms with van der Waals surface area (Å²) in [4.78, 5) is 11.4. The number of fused-ring (bicyclic) bond motifs is 2. The molecule has 0 radical (unpaired) electrons. The van der Waals surface area contributed by atoms with Gasteiger partial charge in [0.1, 0.15) is 10.0 Å². The number of hydrogen-bond donors (Lipinski definition) is 2. The lowest BCUT2D eigenvalue weighted by atomic mass is 10.2. The second-order valence-corrected chi connectivity index (χ2v) is 7.60. The van der Waals surface area contributed by atoms with Gasteiger partial charge in [-0.1, -0.05) is 48.7 Å². The molecule has 0 saturated heterocycles. The predicted molar refractivity (Wildman–Crippen MR) is 111 cm³/mol. The van der Waals surface area contributed by atoms with Gasteiger partial charge in [0, 0.05) is 24.5 Å². The van der Waals surface area contributed by atoms with Gasteiger partial charge in [-0.05, 0) is 18.2 Å². The number of benzene rings is 1. The SMILES string of the molecule is C=C/C=N\C1=C(N)Sc2ccc(-c3nc4c(s3)C=CC=CC4)cc2N1.[HH]. The van der Waals surface area contributed by atoms with E-state index in [1.54, 1.807) is 23.6 Å². The van der Waals surface area contributed by atoms with Gasteiger partial charge in [0.25, 0.3) is 0 Å². The monoisotopic (exact) mass is 366 g/mol. The fourth-order valence-corrected chi connectivity index (χ4v) is 4.39. The third-order valence-electron chi connectivity index (χ3n) is 3.78. The zero-order valence-corrected chi connectivity index (χ0v) is 15.0. The standard InChI is InChI=1S/C19H16N4S2.H2/c1-2-10-21-18-17(20)24-16-9-8-12(11-14(16)22-18)19-23-13-6-4-3-5-7-15(13)25-19;/h2-5,7-11,22H,1,6,20H2;1H/b21-10-;. The van der Waals surface area contributed by atoms with Gasteiger partial charge < -0.3 is 11.1 Å². The quantitative estimate of drug-likeness (QED) is 0.747. The Morgan fingerprint density at radius 2 is 2.28 bits per heavy atom. The van der Waals surface area contributed by atoms with Crippen molar-refractivity contribution in [2.45, 2.75) is 11.3 Å². The van der Waals surface area contributed by atoms with Crippen LogP contribution < -0.4 is 11.1 Å². The number of aliphatic imine (C=N–C) groups is 1. The Hall–Kier alpha value is -2.57. The number of nitrogens with one attached hydrogen (secondary N) is 1. The Morgan fingerprint density at radius 3 is 3.16 bits per heavy atom. The van der Waals surface area contributed by atoms with Crippen LogP contribution in [0.25, 0.3) is 16.6 Å². The molecule has 0 fully saturated rings. The van der Waals surface area contributed by atoms with Crippen LogP contribution >= 0.6 is 23.1 Å². The Kier molecular flexibility index (Phi) is 4.29. The predicted octanol–water partition coefficient (Wildman–Crippen LogP) is 5.04. The van der Waals surface area contributed by atoms with Crippen LogP contribution in [0.5, 0.6) is 0 Å². The molecule has 1 aromatic heterocycles. The lowest BCUT2D eigenvalue weighted by Crippen LogP contribution is -2.11. The normalized spacial score (nSPS) is 15.7. The molecule has 2 aromatic rings. The van der Waals surface area contributed by atoms with Gasteiger partial charge in [-0.2, -0.15) is 0 Å². The summed E-state index contributed by atoms with van der Waals surface area (Å²) in [6.07, 6.45) is 12.5. The van der Waals surface area contributed by atoms with Crippen molar-refractivity contribution in [1.29, 1.82) is 0 Å². The smallest absolute Gasteiger partial charge is 0.160 e. The lowest BCUT2D eigenvalue weighted by Gasteiger charge is -2.19. The van der Waals surface area contributed by atoms with E-state index in [2.05, 4.69) is 59.4 Å². The van der Waals surface area contributed by atoms with Crippen LogP contribution in [-0.2, 0) is 6.42 Å². The highest BCUT2D eigenvalue weighted by Crippen LogP contribution is 2.40. The molecule has 1 aliphatic carbocycles. The van der Waals surface area contributed by atoms with Crippen molar-refractivity contribution in [2.75, 3.05) is 5.32 Å². The van der Waals surface area contributed by atoms with Gasteiger partial charge in [-0.3, -0.25) is 0 Å². The van der Waals surface area contributed by atoms with E-state index in [1.165, 1.54) is 16.6 Å². The first-order valence-corrected chi connectivity index (χ1v) is 9.45. The molecular formula is C19H18N4S2. The van der Waals surface area contributed by atoms with E-state index in [9.17, 15) is 0 Å². The van der Waals surface area contributed by atoms with Crippen LogP contribution in [0, 0.1) is 0 Å². The first kappa shape index (κ1) is 15.9. The lowest BCUT2D eigenvalue weighted by molar-refractivity contribution is 1.15. The summed E-state index contributed by atoms with van der Waals surface area (Å²) in [5.74, 6) is 0.651. The maximum Gasteiger partial charge on any atom is 0.160 e. The molecule has 1 aliphatic heterocycles. The van der Waals surface area contributed by atoms with Crippen molar-refractivity contribution < 1.29 is 1.43 Å². The van der Waals surface area contributed by atoms with Crippen molar-refractivity contribution in [2.24, 2.45) is 10.7 Å². The van der Waals surface area contributed by atoms with E-state index in [-0.39, 0.29) is 1.43 Å². The molecule has 6 heteroatoms. The van der Waals surface area contributed by atoms with Gasteiger partial charge in [0.05, 0.1) is 16.3 Å². The molecule has 1 aromatic carbocycles. The molecule has 0 unspecified atom stereocenters. The van der Waals surface area contributed by atoms with E-state index < -0.39 is 0 Å². The average Bonchev–Trinajstić information content (AvgIpc) is 2.90. The van der Waals surface area contributed by atoms with Gasteiger partial charge in [-0.15, -0.1) is 11.3 Å². The van der Waals surface area contributed by atoms with Gasteiger partial charge >= 0.3 is 0 Å². The van der Waals surface area contributed by atoms with Crippen molar-refractivity contribution in [3.05, 3.63) is 70.5 Å². The molecule has 25 heavy (non-hydrogen) atoms. The fourth-order valence-electron chi connectivity index (χ4n) is 2.59. The van der Waals surface area contributed by atoms with E-state index in [0.717, 1.165) is 33.3 Å². The third kappa shape index (κ3) is 3.18. The zero-order chi connectivity index (χ0) is 17.2. The molecule has 3 N–H and O–H groups in total. The fraction of sp³-hybridized carbons (Fsp3) is 0.0526. The van der Waals surface area contributed by atoms with Gasteiger partial charge in [0.2, 0.25) is 0 Å². The van der Waals surface area contributed by atoms with Crippen molar-refractivity contribution >= 4 is 41.1 Å². The molecule has 4 rings (SSSR count). The maximum absolute atomic E-state index is 6.07. The summed E-state index contributed by atoms with van der Waals surface area (Å²) in [6.45, 7) is 3.64. The van der Waals surface area contributed by atoms with E-state index >= 15 is 0 Å². The molecule has 0 atom stereocenters. The third-order valence-corrected chi connectivity index (χ3v) is 5.88. The summed E-state index contributed by atoms with van der Waals surface area (Å²) in [5, 5.41) is 4.98. The molecule has 0 spiro atoms. The highest BCUT2D eigenvalue weighted by molar-refractivity contribution is 8.03. The van der Waals surface area contributed by atoms with E-state index in [1.807, 2.05) is 0 Å². The average molecular weight is 367 g/mol. The molecule has 2 aliphatic rings. The molecule has 0 bridgehead atoms. The summed E-state index contributed by atoms with van der Waals surface area (Å²) >= 11 is 3.23. The van der Waals surface area contributed by atoms with Crippen LogP contribution in [0.3, 0.4) is 0 Å². The number of nitrogens with two attached hydrogens (primary N) is 1. The van der Waals surface area contributed by atoms with Crippen LogP contribution in [0.4, 0.5) is 5.69 Å². The number of aromatic nitrogens is 1. The number of anilines is 1. The summed E-state index contributed by atoms with van der Waals surface area (Å²) in [5.41, 5.74) is 9.29. The summed E-state index contributed by atoms with van der Waals surface area (Å²) in [6, 6.07) is 6.28. The van der Waals surface area contributed by atoms with Gasteiger partial charge in [0.15, 0.2) is 5.82 Å². The van der Waals surface area contributed by atoms with Crippen LogP contribution in [0.1, 0.15) is 12.0 Å². The van der Waals surface area contributed by atoms with Crippen molar-refractivity contribution in [3.63, 3.8) is 0 Å². The number of thiazole rings is 1.